The summed E-state index contributed by atoms with van der Waals surface area (Å²) in [7, 11) is 0. The summed E-state index contributed by atoms with van der Waals surface area (Å²) >= 11 is 0. The smallest absolute Gasteiger partial charge is 0.0345 e. The molecule has 0 saturated carbocycles. The summed E-state index contributed by atoms with van der Waals surface area (Å²) < 4.78 is 0. The van der Waals surface area contributed by atoms with E-state index in [0.717, 1.165) is 6.42 Å². The molecule has 80 valence electrons. The van der Waals surface area contributed by atoms with E-state index in [1.807, 2.05) is 0 Å². The molecule has 0 atom stereocenters. The molecule has 0 N–H and O–H groups in total. The van der Waals surface area contributed by atoms with E-state index in [2.05, 4.69) is 50.3 Å². The summed E-state index contributed by atoms with van der Waals surface area (Å²) in [6.07, 6.45) is 20.6. The minimum Gasteiger partial charge on any atom is -0.0885 e. The van der Waals surface area contributed by atoms with Gasteiger partial charge in [0.05, 0.1) is 0 Å². The molecule has 0 aromatic heterocycles. The Morgan fingerprint density at radius 1 is 0.714 bits per heavy atom. The van der Waals surface area contributed by atoms with Crippen LogP contribution in [0.3, 0.4) is 0 Å². The molecule has 0 aromatic rings. The Bertz CT molecular complexity index is 172. The Labute approximate surface area is 89.4 Å². The van der Waals surface area contributed by atoms with Gasteiger partial charge in [0, 0.05) is 0 Å². The van der Waals surface area contributed by atoms with Crippen molar-refractivity contribution in [1.82, 2.24) is 0 Å². The lowest BCUT2D eigenvalue weighted by molar-refractivity contribution is 0.858. The van der Waals surface area contributed by atoms with Crippen LogP contribution in [0.25, 0.3) is 0 Å². The molecule has 0 heterocycles. The molecule has 0 spiro atoms. The van der Waals surface area contributed by atoms with Gasteiger partial charge in [-0.25, -0.2) is 0 Å². The molecule has 0 aromatic carbocycles. The molecule has 0 amide bonds. The van der Waals surface area contributed by atoms with E-state index in [0.29, 0.717) is 0 Å². The lowest BCUT2D eigenvalue weighted by atomic mass is 10.2. The largest absolute Gasteiger partial charge is 0.0885 e. The standard InChI is InChI=1S/C14H24/c1-3-5-7-9-11-13-14-12-10-8-6-4-2/h5,7-11H,3-4,6,12-14H2,1-2H3. The van der Waals surface area contributed by atoms with Crippen molar-refractivity contribution in [3.63, 3.8) is 0 Å². The number of hydrogen-bond donors (Lipinski definition) is 0. The van der Waals surface area contributed by atoms with E-state index in [1.54, 1.807) is 0 Å². The zero-order valence-corrected chi connectivity index (χ0v) is 9.71. The van der Waals surface area contributed by atoms with E-state index >= 15 is 0 Å². The van der Waals surface area contributed by atoms with Gasteiger partial charge < -0.3 is 0 Å². The van der Waals surface area contributed by atoms with Crippen molar-refractivity contribution < 1.29 is 0 Å². The van der Waals surface area contributed by atoms with Gasteiger partial charge in [-0.1, -0.05) is 56.7 Å². The predicted octanol–water partition coefficient (Wildman–Crippen LogP) is 5.04. The van der Waals surface area contributed by atoms with Gasteiger partial charge in [-0.3, -0.25) is 0 Å². The summed E-state index contributed by atoms with van der Waals surface area (Å²) in [6.45, 7) is 4.37. The summed E-state index contributed by atoms with van der Waals surface area (Å²) in [4.78, 5) is 0. The van der Waals surface area contributed by atoms with Crippen LogP contribution in [-0.4, -0.2) is 0 Å². The second-order valence-corrected chi connectivity index (χ2v) is 3.46. The van der Waals surface area contributed by atoms with Crippen LogP contribution in [0.1, 0.15) is 52.4 Å². The second kappa shape index (κ2) is 12.2. The Kier molecular flexibility index (Phi) is 11.5. The highest BCUT2D eigenvalue weighted by Crippen LogP contribution is 1.99. The molecule has 0 heteroatoms. The molecule has 0 aliphatic carbocycles. The number of unbranched alkanes of at least 4 members (excludes halogenated alkanes) is 3. The first-order valence-corrected chi connectivity index (χ1v) is 5.88. The van der Waals surface area contributed by atoms with Crippen LogP contribution >= 0.6 is 0 Å². The van der Waals surface area contributed by atoms with Crippen LogP contribution in [0.2, 0.25) is 0 Å². The minimum atomic E-state index is 1.13. The van der Waals surface area contributed by atoms with Gasteiger partial charge in [0.15, 0.2) is 0 Å². The molecule has 0 aliphatic rings. The number of rotatable bonds is 8. The van der Waals surface area contributed by atoms with Gasteiger partial charge in [-0.05, 0) is 32.1 Å². The molecule has 0 radical (unpaired) electrons. The Balaban J connectivity index is 3.20. The molecule has 0 bridgehead atoms. The highest BCUT2D eigenvalue weighted by atomic mass is 13.9. The molecular weight excluding hydrogens is 168 g/mol. The van der Waals surface area contributed by atoms with Crippen molar-refractivity contribution in [2.24, 2.45) is 0 Å². The van der Waals surface area contributed by atoms with Crippen LogP contribution in [-0.2, 0) is 0 Å². The molecule has 0 aliphatic heterocycles. The van der Waals surface area contributed by atoms with Crippen molar-refractivity contribution in [1.29, 1.82) is 0 Å². The van der Waals surface area contributed by atoms with Crippen LogP contribution < -0.4 is 0 Å². The molecule has 0 saturated heterocycles. The van der Waals surface area contributed by atoms with Crippen molar-refractivity contribution in [2.75, 3.05) is 0 Å². The topological polar surface area (TPSA) is 0 Å². The summed E-state index contributed by atoms with van der Waals surface area (Å²) in [5.74, 6) is 0. The zero-order valence-electron chi connectivity index (χ0n) is 9.71. The molecule has 0 unspecified atom stereocenters. The molecule has 0 nitrogen and oxygen atoms in total. The fourth-order valence-electron chi connectivity index (χ4n) is 1.15. The van der Waals surface area contributed by atoms with Crippen molar-refractivity contribution in [2.45, 2.75) is 52.4 Å². The third-order valence-corrected chi connectivity index (χ3v) is 1.98. The molecule has 14 heavy (non-hydrogen) atoms. The minimum absolute atomic E-state index is 1.13. The van der Waals surface area contributed by atoms with E-state index < -0.39 is 0 Å². The first-order chi connectivity index (χ1) is 6.91. The second-order valence-electron chi connectivity index (χ2n) is 3.46. The average molecular weight is 192 g/mol. The fraction of sp³-hybridized carbons (Fsp3) is 0.571. The normalized spacial score (nSPS) is 12.4. The molecule has 0 rings (SSSR count). The van der Waals surface area contributed by atoms with Crippen molar-refractivity contribution in [3.05, 3.63) is 36.5 Å². The first kappa shape index (κ1) is 13.2. The lowest BCUT2D eigenvalue weighted by Gasteiger charge is -1.89. The van der Waals surface area contributed by atoms with E-state index in [4.69, 9.17) is 0 Å². The van der Waals surface area contributed by atoms with Crippen LogP contribution in [0, 0.1) is 0 Å². The average Bonchev–Trinajstić information content (AvgIpc) is 2.21. The third-order valence-electron chi connectivity index (χ3n) is 1.98. The maximum atomic E-state index is 2.30. The highest BCUT2D eigenvalue weighted by molar-refractivity contribution is 5.01. The maximum absolute atomic E-state index is 2.30. The van der Waals surface area contributed by atoms with E-state index in [9.17, 15) is 0 Å². The predicted molar refractivity (Wildman–Crippen MR) is 66.5 cm³/mol. The zero-order chi connectivity index (χ0) is 10.5. The third kappa shape index (κ3) is 11.2. The summed E-state index contributed by atoms with van der Waals surface area (Å²) in [6, 6.07) is 0. The van der Waals surface area contributed by atoms with Crippen LogP contribution in [0.15, 0.2) is 36.5 Å². The van der Waals surface area contributed by atoms with Gasteiger partial charge in [-0.2, -0.15) is 0 Å². The molecule has 0 fully saturated rings. The quantitative estimate of drug-likeness (QED) is 0.287. The number of allylic oxidation sites excluding steroid dienone is 6. The molecular formula is C14H24. The van der Waals surface area contributed by atoms with Gasteiger partial charge in [-0.15, -0.1) is 0 Å². The van der Waals surface area contributed by atoms with Gasteiger partial charge in [0.25, 0.3) is 0 Å². The Morgan fingerprint density at radius 3 is 2.07 bits per heavy atom. The van der Waals surface area contributed by atoms with Crippen LogP contribution in [0.4, 0.5) is 0 Å². The van der Waals surface area contributed by atoms with Crippen molar-refractivity contribution >= 4 is 0 Å². The number of hydrogen-bond acceptors (Lipinski definition) is 0. The monoisotopic (exact) mass is 192 g/mol. The van der Waals surface area contributed by atoms with Gasteiger partial charge >= 0.3 is 0 Å². The Morgan fingerprint density at radius 2 is 1.36 bits per heavy atom. The van der Waals surface area contributed by atoms with E-state index in [1.165, 1.54) is 32.1 Å². The van der Waals surface area contributed by atoms with Crippen molar-refractivity contribution in [3.8, 4) is 0 Å². The summed E-state index contributed by atoms with van der Waals surface area (Å²) in [5, 5.41) is 0. The Hall–Kier alpha value is -0.780. The highest BCUT2D eigenvalue weighted by Gasteiger charge is 1.79. The van der Waals surface area contributed by atoms with Gasteiger partial charge in [0.2, 0.25) is 0 Å². The SMILES string of the molecule is CCC=CC=CCCCC=CCCC. The lowest BCUT2D eigenvalue weighted by Crippen LogP contribution is -1.69. The first-order valence-electron chi connectivity index (χ1n) is 5.88. The summed E-state index contributed by atoms with van der Waals surface area (Å²) in [5.41, 5.74) is 0. The van der Waals surface area contributed by atoms with Gasteiger partial charge in [0.1, 0.15) is 0 Å². The van der Waals surface area contributed by atoms with Crippen LogP contribution in [0.5, 0.6) is 0 Å². The maximum Gasteiger partial charge on any atom is -0.0345 e. The fourth-order valence-corrected chi connectivity index (χ4v) is 1.15. The van der Waals surface area contributed by atoms with E-state index in [-0.39, 0.29) is 0 Å².